The molecule has 0 bridgehead atoms. The number of thiophene rings is 1. The van der Waals surface area contributed by atoms with E-state index in [2.05, 4.69) is 0 Å². The van der Waals surface area contributed by atoms with Crippen molar-refractivity contribution in [1.82, 2.24) is 0 Å². The van der Waals surface area contributed by atoms with E-state index in [9.17, 15) is 13.2 Å². The molecule has 7 heteroatoms. The predicted octanol–water partition coefficient (Wildman–Crippen LogP) is 1.79. The SMILES string of the molecule is OB(O)/C=C/c1ccc(C(F)(F)F)s1. The second kappa shape index (κ2) is 4.16. The summed E-state index contributed by atoms with van der Waals surface area (Å²) in [6.07, 6.45) is -3.11. The third-order valence-corrected chi connectivity index (χ3v) is 2.43. The molecule has 0 fully saturated rings. The summed E-state index contributed by atoms with van der Waals surface area (Å²) in [6, 6.07) is 2.22. The molecule has 0 aliphatic heterocycles. The molecule has 0 aromatic carbocycles. The van der Waals surface area contributed by atoms with E-state index in [0.29, 0.717) is 16.2 Å². The molecule has 1 aromatic rings. The molecule has 0 aliphatic rings. The van der Waals surface area contributed by atoms with Crippen LogP contribution < -0.4 is 0 Å². The molecule has 0 unspecified atom stereocenters. The van der Waals surface area contributed by atoms with Gasteiger partial charge in [0.1, 0.15) is 4.88 Å². The van der Waals surface area contributed by atoms with Gasteiger partial charge in [-0.05, 0) is 12.1 Å². The van der Waals surface area contributed by atoms with Crippen molar-refractivity contribution in [3.63, 3.8) is 0 Å². The van der Waals surface area contributed by atoms with Gasteiger partial charge in [-0.2, -0.15) is 13.2 Å². The molecule has 76 valence electrons. The van der Waals surface area contributed by atoms with Crippen molar-refractivity contribution in [1.29, 1.82) is 0 Å². The highest BCUT2D eigenvalue weighted by molar-refractivity contribution is 7.13. The van der Waals surface area contributed by atoms with Crippen LogP contribution in [0, 0.1) is 0 Å². The number of halogens is 3. The monoisotopic (exact) mass is 222 g/mol. The number of alkyl halides is 3. The van der Waals surface area contributed by atoms with Gasteiger partial charge in [0, 0.05) is 4.88 Å². The summed E-state index contributed by atoms with van der Waals surface area (Å²) in [4.78, 5) is -0.380. The average molecular weight is 222 g/mol. The van der Waals surface area contributed by atoms with E-state index in [0.717, 1.165) is 12.0 Å². The van der Waals surface area contributed by atoms with Crippen molar-refractivity contribution in [2.75, 3.05) is 0 Å². The molecule has 0 radical (unpaired) electrons. The molecule has 0 amide bonds. The first-order valence-corrected chi connectivity index (χ1v) is 4.42. The molecule has 0 spiro atoms. The summed E-state index contributed by atoms with van der Waals surface area (Å²) in [5.74, 6) is 0.992. The number of hydrogen-bond acceptors (Lipinski definition) is 3. The zero-order chi connectivity index (χ0) is 10.8. The van der Waals surface area contributed by atoms with Crippen LogP contribution in [0.15, 0.2) is 18.1 Å². The van der Waals surface area contributed by atoms with E-state index in [-0.39, 0.29) is 0 Å². The highest BCUT2D eigenvalue weighted by Gasteiger charge is 2.32. The van der Waals surface area contributed by atoms with Crippen LogP contribution in [0.25, 0.3) is 6.08 Å². The Labute approximate surface area is 82.5 Å². The van der Waals surface area contributed by atoms with E-state index in [4.69, 9.17) is 10.0 Å². The van der Waals surface area contributed by atoms with Gasteiger partial charge >= 0.3 is 13.3 Å². The predicted molar refractivity (Wildman–Crippen MR) is 48.5 cm³/mol. The largest absolute Gasteiger partial charge is 0.480 e. The first-order valence-electron chi connectivity index (χ1n) is 3.61. The van der Waals surface area contributed by atoms with Gasteiger partial charge in [-0.25, -0.2) is 0 Å². The van der Waals surface area contributed by atoms with Crippen molar-refractivity contribution >= 4 is 24.5 Å². The fourth-order valence-electron chi connectivity index (χ4n) is 0.776. The molecule has 1 heterocycles. The lowest BCUT2D eigenvalue weighted by atomic mass is 9.92. The quantitative estimate of drug-likeness (QED) is 0.749. The molecule has 0 saturated heterocycles. The van der Waals surface area contributed by atoms with Crippen molar-refractivity contribution in [2.45, 2.75) is 6.18 Å². The lowest BCUT2D eigenvalue weighted by molar-refractivity contribution is -0.134. The first-order chi connectivity index (χ1) is 6.39. The van der Waals surface area contributed by atoms with Crippen molar-refractivity contribution in [2.24, 2.45) is 0 Å². The lowest BCUT2D eigenvalue weighted by Gasteiger charge is -2.00. The Morgan fingerprint density at radius 1 is 1.29 bits per heavy atom. The first kappa shape index (κ1) is 11.3. The molecule has 14 heavy (non-hydrogen) atoms. The fraction of sp³-hybridized carbons (Fsp3) is 0.143. The summed E-state index contributed by atoms with van der Waals surface area (Å²) < 4.78 is 36.3. The van der Waals surface area contributed by atoms with Crippen LogP contribution in [-0.4, -0.2) is 17.2 Å². The molecule has 2 nitrogen and oxygen atoms in total. The standard InChI is InChI=1S/C7H6BF3O2S/c9-7(10,11)6-2-1-5(14-6)3-4-8(12)13/h1-4,12-13H/b4-3+. The highest BCUT2D eigenvalue weighted by atomic mass is 32.1. The van der Waals surface area contributed by atoms with Gasteiger partial charge in [0.15, 0.2) is 0 Å². The van der Waals surface area contributed by atoms with Gasteiger partial charge in [0.2, 0.25) is 0 Å². The average Bonchev–Trinajstić information content (AvgIpc) is 2.47. The summed E-state index contributed by atoms with van der Waals surface area (Å²) in [5.41, 5.74) is 0. The minimum absolute atomic E-state index is 0.324. The second-order valence-electron chi connectivity index (χ2n) is 2.47. The van der Waals surface area contributed by atoms with Crippen molar-refractivity contribution in [3.8, 4) is 0 Å². The van der Waals surface area contributed by atoms with Gasteiger partial charge in [-0.1, -0.05) is 12.1 Å². The van der Waals surface area contributed by atoms with Crippen LogP contribution in [0.4, 0.5) is 13.2 Å². The highest BCUT2D eigenvalue weighted by Crippen LogP contribution is 2.34. The zero-order valence-electron chi connectivity index (χ0n) is 6.82. The summed E-state index contributed by atoms with van der Waals surface area (Å²) in [5, 5.41) is 16.9. The Bertz CT molecular complexity index is 332. The molecule has 1 rings (SSSR count). The van der Waals surface area contributed by atoms with Gasteiger partial charge in [0.05, 0.1) is 0 Å². The normalized spacial score (nSPS) is 12.4. The van der Waals surface area contributed by atoms with Crippen LogP contribution in [0.3, 0.4) is 0 Å². The summed E-state index contributed by atoms with van der Waals surface area (Å²) in [6.45, 7) is 0. The Balaban J connectivity index is 2.79. The fourth-order valence-corrected chi connectivity index (χ4v) is 1.56. The zero-order valence-corrected chi connectivity index (χ0v) is 7.64. The Morgan fingerprint density at radius 2 is 1.93 bits per heavy atom. The minimum Gasteiger partial charge on any atom is -0.424 e. The van der Waals surface area contributed by atoms with Gasteiger partial charge in [-0.3, -0.25) is 0 Å². The Morgan fingerprint density at radius 3 is 2.36 bits per heavy atom. The van der Waals surface area contributed by atoms with Crippen LogP contribution in [0.2, 0.25) is 0 Å². The topological polar surface area (TPSA) is 40.5 Å². The van der Waals surface area contributed by atoms with Crippen LogP contribution in [0.1, 0.15) is 9.75 Å². The van der Waals surface area contributed by atoms with E-state index >= 15 is 0 Å². The molecule has 0 atom stereocenters. The number of hydrogen-bond donors (Lipinski definition) is 2. The van der Waals surface area contributed by atoms with Gasteiger partial charge < -0.3 is 10.0 Å². The minimum atomic E-state index is -4.34. The third-order valence-electron chi connectivity index (χ3n) is 1.34. The van der Waals surface area contributed by atoms with E-state index in [1.807, 2.05) is 0 Å². The van der Waals surface area contributed by atoms with Gasteiger partial charge in [0.25, 0.3) is 0 Å². The van der Waals surface area contributed by atoms with Gasteiger partial charge in [-0.15, -0.1) is 11.3 Å². The smallest absolute Gasteiger partial charge is 0.424 e. The Kier molecular flexibility index (Phi) is 3.36. The van der Waals surface area contributed by atoms with Crippen LogP contribution in [-0.2, 0) is 6.18 Å². The summed E-state index contributed by atoms with van der Waals surface area (Å²) >= 11 is 0.548. The summed E-state index contributed by atoms with van der Waals surface area (Å²) in [7, 11) is -1.65. The van der Waals surface area contributed by atoms with Crippen molar-refractivity contribution in [3.05, 3.63) is 27.9 Å². The second-order valence-corrected chi connectivity index (χ2v) is 3.59. The molecule has 0 aliphatic carbocycles. The molecule has 1 aromatic heterocycles. The van der Waals surface area contributed by atoms with E-state index in [1.54, 1.807) is 0 Å². The van der Waals surface area contributed by atoms with E-state index < -0.39 is 18.2 Å². The molecular formula is C7H6BF3O2S. The maximum absolute atomic E-state index is 12.1. The Hall–Kier alpha value is -0.785. The van der Waals surface area contributed by atoms with E-state index in [1.165, 1.54) is 12.1 Å². The molecule has 2 N–H and O–H groups in total. The number of rotatable bonds is 2. The maximum Gasteiger partial charge on any atom is 0.480 e. The van der Waals surface area contributed by atoms with Crippen LogP contribution >= 0.6 is 11.3 Å². The maximum atomic E-state index is 12.1. The molecule has 0 saturated carbocycles. The molecular weight excluding hydrogens is 216 g/mol. The lowest BCUT2D eigenvalue weighted by Crippen LogP contribution is -2.05. The third kappa shape index (κ3) is 3.17. The van der Waals surface area contributed by atoms with Crippen molar-refractivity contribution < 1.29 is 23.2 Å². The van der Waals surface area contributed by atoms with Crippen LogP contribution in [0.5, 0.6) is 0 Å².